The number of hydrogen-bond donors (Lipinski definition) is 1. The topological polar surface area (TPSA) is 58.4 Å². The van der Waals surface area contributed by atoms with Crippen LogP contribution in [0.2, 0.25) is 0 Å². The third-order valence-corrected chi connectivity index (χ3v) is 6.00. The Bertz CT molecular complexity index is 689. The van der Waals surface area contributed by atoms with Crippen molar-refractivity contribution in [2.24, 2.45) is 5.41 Å². The molecule has 4 rings (SSSR count). The summed E-state index contributed by atoms with van der Waals surface area (Å²) in [6.07, 6.45) is 4.78. The van der Waals surface area contributed by atoms with E-state index in [1.54, 1.807) is 18.3 Å². The van der Waals surface area contributed by atoms with Crippen LogP contribution in [0.15, 0.2) is 27.6 Å². The Hall–Kier alpha value is -1.66. The molecule has 0 unspecified atom stereocenters. The smallest absolute Gasteiger partial charge is 0.276 e. The first-order chi connectivity index (χ1) is 11.2. The number of thiophene rings is 1. The van der Waals surface area contributed by atoms with Crippen molar-refractivity contribution in [1.29, 1.82) is 0 Å². The summed E-state index contributed by atoms with van der Waals surface area (Å²) in [5.41, 5.74) is 1.96. The number of aromatic nitrogens is 1. The predicted octanol–water partition coefficient (Wildman–Crippen LogP) is 2.83. The number of hydrogen-bond acceptors (Lipinski definition) is 5. The van der Waals surface area contributed by atoms with Crippen molar-refractivity contribution < 1.29 is 9.21 Å². The Morgan fingerprint density at radius 3 is 3.00 bits per heavy atom. The molecule has 2 aromatic heterocycles. The number of amides is 1. The average molecular weight is 331 g/mol. The fourth-order valence-corrected chi connectivity index (χ4v) is 4.44. The Labute approximate surface area is 139 Å². The van der Waals surface area contributed by atoms with E-state index in [9.17, 15) is 4.79 Å². The van der Waals surface area contributed by atoms with Crippen LogP contribution in [0.3, 0.4) is 0 Å². The molecule has 2 aliphatic rings. The van der Waals surface area contributed by atoms with Gasteiger partial charge in [-0.25, -0.2) is 4.98 Å². The molecule has 1 aliphatic heterocycles. The Balaban J connectivity index is 1.59. The minimum Gasteiger partial charge on any atom is -0.448 e. The molecule has 0 radical (unpaired) electrons. The summed E-state index contributed by atoms with van der Waals surface area (Å²) in [6, 6.07) is 2.42. The minimum absolute atomic E-state index is 0.00265. The number of carbonyl (C=O) groups excluding carboxylic acids is 1. The monoisotopic (exact) mass is 331 g/mol. The summed E-state index contributed by atoms with van der Waals surface area (Å²) in [4.78, 5) is 19.2. The number of carbonyl (C=O) groups is 1. The lowest BCUT2D eigenvalue weighted by molar-refractivity contribution is 0.0685. The summed E-state index contributed by atoms with van der Waals surface area (Å²) < 4.78 is 5.24. The van der Waals surface area contributed by atoms with Crippen LogP contribution in [-0.4, -0.2) is 34.9 Å². The maximum atomic E-state index is 13.1. The van der Waals surface area contributed by atoms with Crippen molar-refractivity contribution in [2.75, 3.05) is 13.1 Å². The molecule has 5 nitrogen and oxygen atoms in total. The second-order valence-electron chi connectivity index (χ2n) is 6.65. The summed E-state index contributed by atoms with van der Waals surface area (Å²) in [7, 11) is 0. The van der Waals surface area contributed by atoms with Crippen molar-refractivity contribution in [3.63, 3.8) is 0 Å². The first-order valence-corrected chi connectivity index (χ1v) is 9.07. The molecule has 1 spiro atoms. The van der Waals surface area contributed by atoms with E-state index >= 15 is 0 Å². The van der Waals surface area contributed by atoms with Crippen molar-refractivity contribution in [3.8, 4) is 0 Å². The number of nitrogens with one attached hydrogen (secondary N) is 1. The molecule has 1 aliphatic carbocycles. The lowest BCUT2D eigenvalue weighted by Gasteiger charge is -2.29. The van der Waals surface area contributed by atoms with Crippen molar-refractivity contribution in [3.05, 3.63) is 40.2 Å². The third kappa shape index (κ3) is 2.70. The van der Waals surface area contributed by atoms with Gasteiger partial charge in [-0.2, -0.15) is 11.3 Å². The van der Waals surface area contributed by atoms with Crippen LogP contribution < -0.4 is 5.32 Å². The molecule has 1 saturated carbocycles. The number of aryl methyl sites for hydroxylation is 1. The van der Waals surface area contributed by atoms with Crippen molar-refractivity contribution >= 4 is 17.2 Å². The number of rotatable bonds is 4. The second kappa shape index (κ2) is 5.76. The van der Waals surface area contributed by atoms with Gasteiger partial charge in [-0.3, -0.25) is 4.79 Å². The summed E-state index contributed by atoms with van der Waals surface area (Å²) >= 11 is 1.67. The molecule has 3 heterocycles. The zero-order valence-electron chi connectivity index (χ0n) is 13.2. The first kappa shape index (κ1) is 14.9. The molecule has 2 fully saturated rings. The molecular weight excluding hydrogens is 310 g/mol. The van der Waals surface area contributed by atoms with E-state index in [1.807, 2.05) is 4.90 Å². The Morgan fingerprint density at radius 2 is 2.35 bits per heavy atom. The van der Waals surface area contributed by atoms with Crippen LogP contribution in [0, 0.1) is 12.3 Å². The molecule has 23 heavy (non-hydrogen) atoms. The van der Waals surface area contributed by atoms with Gasteiger partial charge in [0.05, 0.1) is 0 Å². The largest absolute Gasteiger partial charge is 0.448 e. The molecule has 0 bridgehead atoms. The molecule has 6 heteroatoms. The van der Waals surface area contributed by atoms with Gasteiger partial charge in [-0.1, -0.05) is 0 Å². The lowest BCUT2D eigenvalue weighted by atomic mass is 9.93. The third-order valence-electron chi connectivity index (χ3n) is 5.26. The summed E-state index contributed by atoms with van der Waals surface area (Å²) in [6.45, 7) is 4.57. The quantitative estimate of drug-likeness (QED) is 0.936. The molecule has 1 saturated heterocycles. The maximum absolute atomic E-state index is 13.1. The molecule has 2 aromatic rings. The van der Waals surface area contributed by atoms with Gasteiger partial charge in [0.1, 0.15) is 5.76 Å². The van der Waals surface area contributed by atoms with E-state index in [-0.39, 0.29) is 5.91 Å². The summed E-state index contributed by atoms with van der Waals surface area (Å²) in [5, 5.41) is 7.60. The highest BCUT2D eigenvalue weighted by Crippen LogP contribution is 2.56. The highest BCUT2D eigenvalue weighted by Gasteiger charge is 2.58. The predicted molar refractivity (Wildman–Crippen MR) is 88.4 cm³/mol. The first-order valence-electron chi connectivity index (χ1n) is 8.12. The van der Waals surface area contributed by atoms with Gasteiger partial charge in [0.2, 0.25) is 0 Å². The average Bonchev–Trinajstić information content (AvgIpc) is 2.97. The van der Waals surface area contributed by atoms with Crippen LogP contribution in [0.1, 0.15) is 41.1 Å². The molecule has 122 valence electrons. The summed E-state index contributed by atoms with van der Waals surface area (Å²) in [5.74, 6) is 0.605. The normalized spacial score (nSPS) is 22.2. The van der Waals surface area contributed by atoms with Gasteiger partial charge >= 0.3 is 0 Å². The number of piperidine rings is 1. The molecular formula is C17H21N3O2S. The van der Waals surface area contributed by atoms with Crippen LogP contribution in [-0.2, 0) is 6.54 Å². The van der Waals surface area contributed by atoms with Gasteiger partial charge in [-0.15, -0.1) is 0 Å². The van der Waals surface area contributed by atoms with E-state index < -0.39 is 0 Å². The molecule has 1 N–H and O–H groups in total. The van der Waals surface area contributed by atoms with Crippen LogP contribution in [0.4, 0.5) is 0 Å². The van der Waals surface area contributed by atoms with Gasteiger partial charge in [0.15, 0.2) is 12.1 Å². The number of nitrogens with zero attached hydrogens (tertiary/aromatic N) is 2. The van der Waals surface area contributed by atoms with E-state index in [2.05, 4.69) is 27.1 Å². The zero-order chi connectivity index (χ0) is 15.9. The maximum Gasteiger partial charge on any atom is 0.276 e. The van der Waals surface area contributed by atoms with Gasteiger partial charge in [0.25, 0.3) is 5.91 Å². The van der Waals surface area contributed by atoms with Gasteiger partial charge in [0, 0.05) is 12.6 Å². The van der Waals surface area contributed by atoms with Crippen molar-refractivity contribution in [1.82, 2.24) is 15.2 Å². The van der Waals surface area contributed by atoms with Crippen LogP contribution >= 0.6 is 11.3 Å². The van der Waals surface area contributed by atoms with Crippen LogP contribution in [0.5, 0.6) is 0 Å². The fourth-order valence-electron chi connectivity index (χ4n) is 3.78. The number of oxazole rings is 1. The second-order valence-corrected chi connectivity index (χ2v) is 7.43. The Morgan fingerprint density at radius 1 is 1.52 bits per heavy atom. The molecule has 1 atom stereocenters. The highest BCUT2D eigenvalue weighted by atomic mass is 32.1. The van der Waals surface area contributed by atoms with E-state index in [0.717, 1.165) is 32.4 Å². The molecule has 1 amide bonds. The van der Waals surface area contributed by atoms with Gasteiger partial charge in [-0.05, 0) is 67.1 Å². The zero-order valence-corrected chi connectivity index (χ0v) is 14.1. The van der Waals surface area contributed by atoms with Gasteiger partial charge < -0.3 is 14.6 Å². The minimum atomic E-state index is 0.00265. The molecule has 0 aromatic carbocycles. The van der Waals surface area contributed by atoms with E-state index in [4.69, 9.17) is 4.42 Å². The van der Waals surface area contributed by atoms with E-state index in [0.29, 0.717) is 29.5 Å². The fraction of sp³-hybridized carbons (Fsp3) is 0.529. The highest BCUT2D eigenvalue weighted by molar-refractivity contribution is 7.07. The lowest BCUT2D eigenvalue weighted by Crippen LogP contribution is -2.39. The van der Waals surface area contributed by atoms with Crippen molar-refractivity contribution in [2.45, 2.75) is 38.8 Å². The Kier molecular flexibility index (Phi) is 3.73. The van der Waals surface area contributed by atoms with Crippen LogP contribution in [0.25, 0.3) is 0 Å². The standard InChI is InChI=1S/C17H21N3O2S/c1-12-15(19-11-22-12)16(21)20(9-13-2-7-23-10-13)14-8-17(14)3-5-18-6-4-17/h2,7,10-11,14,18H,3-6,8-9H2,1H3/t14-/m1/s1. The van der Waals surface area contributed by atoms with E-state index in [1.165, 1.54) is 12.0 Å². The SMILES string of the molecule is Cc1ocnc1C(=O)N(Cc1ccsc1)[C@@H]1CC12CCNCC2.